The molecular formula is C18H21ClF3N3. The Hall–Kier alpha value is -1.53. The summed E-state index contributed by atoms with van der Waals surface area (Å²) in [5.74, 6) is 0. The summed E-state index contributed by atoms with van der Waals surface area (Å²) in [5, 5.41) is 7.71. The van der Waals surface area contributed by atoms with Crippen molar-refractivity contribution in [3.63, 3.8) is 0 Å². The second-order valence-corrected chi connectivity index (χ2v) is 7.38. The molecule has 7 heteroatoms. The van der Waals surface area contributed by atoms with Crippen molar-refractivity contribution in [1.29, 1.82) is 0 Å². The summed E-state index contributed by atoms with van der Waals surface area (Å²) in [6.45, 7) is 2.17. The van der Waals surface area contributed by atoms with Crippen LogP contribution >= 0.6 is 11.6 Å². The van der Waals surface area contributed by atoms with Gasteiger partial charge in [0, 0.05) is 27.7 Å². The van der Waals surface area contributed by atoms with Crippen molar-refractivity contribution in [3.05, 3.63) is 35.0 Å². The topological polar surface area (TPSA) is 37.0 Å². The standard InChI is InChI=1S/C18H21ClF3N3/c1-17(23-2)7-5-12(6-8-17)24-15-10-16(18(20,21)22)25-14-4-3-11(19)9-13(14)15/h3-4,9-10,12,23H,5-8H2,1-2H3,(H,24,25). The van der Waals surface area contributed by atoms with Crippen LogP contribution in [0.15, 0.2) is 24.3 Å². The third kappa shape index (κ3) is 4.01. The molecule has 136 valence electrons. The smallest absolute Gasteiger partial charge is 0.382 e. The van der Waals surface area contributed by atoms with Crippen LogP contribution in [0, 0.1) is 0 Å². The highest BCUT2D eigenvalue weighted by Gasteiger charge is 2.34. The van der Waals surface area contributed by atoms with E-state index in [9.17, 15) is 13.2 Å². The van der Waals surface area contributed by atoms with E-state index in [-0.39, 0.29) is 17.1 Å². The molecule has 0 bridgehead atoms. The van der Waals surface area contributed by atoms with E-state index >= 15 is 0 Å². The molecule has 3 rings (SSSR count). The number of aromatic nitrogens is 1. The van der Waals surface area contributed by atoms with Crippen molar-refractivity contribution in [2.45, 2.75) is 50.4 Å². The van der Waals surface area contributed by atoms with Crippen LogP contribution in [0.1, 0.15) is 38.3 Å². The van der Waals surface area contributed by atoms with E-state index in [2.05, 4.69) is 22.5 Å². The van der Waals surface area contributed by atoms with Crippen molar-refractivity contribution < 1.29 is 13.2 Å². The fourth-order valence-electron chi connectivity index (χ4n) is 3.33. The van der Waals surface area contributed by atoms with E-state index in [1.54, 1.807) is 12.1 Å². The molecular weight excluding hydrogens is 351 g/mol. The molecule has 1 aromatic carbocycles. The molecule has 0 atom stereocenters. The van der Waals surface area contributed by atoms with Gasteiger partial charge in [0.25, 0.3) is 0 Å². The molecule has 0 amide bonds. The summed E-state index contributed by atoms with van der Waals surface area (Å²) in [6, 6.07) is 5.96. The van der Waals surface area contributed by atoms with Crippen molar-refractivity contribution in [1.82, 2.24) is 10.3 Å². The quantitative estimate of drug-likeness (QED) is 0.774. The number of anilines is 1. The van der Waals surface area contributed by atoms with Gasteiger partial charge >= 0.3 is 6.18 Å². The fourth-order valence-corrected chi connectivity index (χ4v) is 3.50. The molecule has 1 aromatic heterocycles. The zero-order valence-corrected chi connectivity index (χ0v) is 14.9. The highest BCUT2D eigenvalue weighted by molar-refractivity contribution is 6.31. The van der Waals surface area contributed by atoms with Crippen LogP contribution in [0.4, 0.5) is 18.9 Å². The van der Waals surface area contributed by atoms with Gasteiger partial charge in [-0.05, 0) is 63.9 Å². The lowest BCUT2D eigenvalue weighted by atomic mass is 9.81. The van der Waals surface area contributed by atoms with Crippen LogP contribution in [0.25, 0.3) is 10.9 Å². The number of alkyl halides is 3. The molecule has 2 aromatic rings. The Labute approximate surface area is 150 Å². The highest BCUT2D eigenvalue weighted by Crippen LogP contribution is 2.36. The molecule has 0 saturated heterocycles. The molecule has 1 aliphatic rings. The summed E-state index contributed by atoms with van der Waals surface area (Å²) < 4.78 is 39.5. The molecule has 25 heavy (non-hydrogen) atoms. The van der Waals surface area contributed by atoms with Crippen LogP contribution in [-0.4, -0.2) is 23.6 Å². The Bertz CT molecular complexity index is 768. The number of nitrogens with zero attached hydrogens (tertiary/aromatic N) is 1. The Kier molecular flexibility index (Phi) is 4.86. The molecule has 2 N–H and O–H groups in total. The molecule has 1 fully saturated rings. The number of hydrogen-bond acceptors (Lipinski definition) is 3. The molecule has 0 aliphatic heterocycles. The Morgan fingerprint density at radius 2 is 1.88 bits per heavy atom. The predicted octanol–water partition coefficient (Wildman–Crippen LogP) is 5.24. The van der Waals surface area contributed by atoms with Gasteiger partial charge in [-0.1, -0.05) is 11.6 Å². The number of rotatable bonds is 3. The predicted molar refractivity (Wildman–Crippen MR) is 95.1 cm³/mol. The van der Waals surface area contributed by atoms with Crippen LogP contribution in [-0.2, 0) is 6.18 Å². The van der Waals surface area contributed by atoms with Crippen molar-refractivity contribution >= 4 is 28.2 Å². The summed E-state index contributed by atoms with van der Waals surface area (Å²) in [6.07, 6.45) is -0.762. The second-order valence-electron chi connectivity index (χ2n) is 6.94. The molecule has 1 saturated carbocycles. The first-order chi connectivity index (χ1) is 11.7. The van der Waals surface area contributed by atoms with Gasteiger partial charge < -0.3 is 10.6 Å². The largest absolute Gasteiger partial charge is 0.433 e. The molecule has 0 radical (unpaired) electrons. The first kappa shape index (κ1) is 18.3. The van der Waals surface area contributed by atoms with Crippen molar-refractivity contribution in [2.24, 2.45) is 0 Å². The Morgan fingerprint density at radius 3 is 2.48 bits per heavy atom. The first-order valence-corrected chi connectivity index (χ1v) is 8.71. The van der Waals surface area contributed by atoms with Gasteiger partial charge in [-0.25, -0.2) is 4.98 Å². The molecule has 3 nitrogen and oxygen atoms in total. The zero-order valence-electron chi connectivity index (χ0n) is 14.2. The van der Waals surface area contributed by atoms with Crippen molar-refractivity contribution in [2.75, 3.05) is 12.4 Å². The number of benzene rings is 1. The summed E-state index contributed by atoms with van der Waals surface area (Å²) in [4.78, 5) is 3.74. The lowest BCUT2D eigenvalue weighted by Crippen LogP contribution is -2.45. The maximum Gasteiger partial charge on any atom is 0.433 e. The molecule has 0 spiro atoms. The summed E-state index contributed by atoms with van der Waals surface area (Å²) >= 11 is 6.03. The van der Waals surface area contributed by atoms with Crippen LogP contribution in [0.3, 0.4) is 0 Å². The SMILES string of the molecule is CNC1(C)CCC(Nc2cc(C(F)(F)F)nc3ccc(Cl)cc23)CC1. The highest BCUT2D eigenvalue weighted by atomic mass is 35.5. The van der Waals surface area contributed by atoms with E-state index in [4.69, 9.17) is 11.6 Å². The van der Waals surface area contributed by atoms with E-state index in [1.165, 1.54) is 6.07 Å². The van der Waals surface area contributed by atoms with E-state index in [0.29, 0.717) is 16.1 Å². The van der Waals surface area contributed by atoms with Gasteiger partial charge in [0.15, 0.2) is 0 Å². The average Bonchev–Trinajstić information content (AvgIpc) is 2.56. The van der Waals surface area contributed by atoms with E-state index < -0.39 is 11.9 Å². The number of halogens is 4. The van der Waals surface area contributed by atoms with Crippen LogP contribution in [0.2, 0.25) is 5.02 Å². The van der Waals surface area contributed by atoms with Gasteiger partial charge in [-0.3, -0.25) is 0 Å². The molecule has 1 aliphatic carbocycles. The monoisotopic (exact) mass is 371 g/mol. The average molecular weight is 372 g/mol. The van der Waals surface area contributed by atoms with Gasteiger partial charge in [0.1, 0.15) is 5.69 Å². The molecule has 0 unspecified atom stereocenters. The lowest BCUT2D eigenvalue weighted by molar-refractivity contribution is -0.140. The Morgan fingerprint density at radius 1 is 1.20 bits per heavy atom. The van der Waals surface area contributed by atoms with Gasteiger partial charge in [0.05, 0.1) is 5.52 Å². The first-order valence-electron chi connectivity index (χ1n) is 8.33. The summed E-state index contributed by atoms with van der Waals surface area (Å²) in [7, 11) is 1.95. The Balaban J connectivity index is 1.93. The zero-order chi connectivity index (χ0) is 18.2. The minimum Gasteiger partial charge on any atom is -0.382 e. The van der Waals surface area contributed by atoms with Crippen LogP contribution < -0.4 is 10.6 Å². The van der Waals surface area contributed by atoms with E-state index in [0.717, 1.165) is 31.7 Å². The third-order valence-corrected chi connectivity index (χ3v) is 5.35. The van der Waals surface area contributed by atoms with Gasteiger partial charge in [0.2, 0.25) is 0 Å². The van der Waals surface area contributed by atoms with Gasteiger partial charge in [-0.15, -0.1) is 0 Å². The lowest BCUT2D eigenvalue weighted by Gasteiger charge is -2.38. The number of nitrogens with one attached hydrogen (secondary N) is 2. The molecule has 1 heterocycles. The van der Waals surface area contributed by atoms with Gasteiger partial charge in [-0.2, -0.15) is 13.2 Å². The minimum atomic E-state index is -4.48. The summed E-state index contributed by atoms with van der Waals surface area (Å²) in [5.41, 5.74) is -0.0602. The second kappa shape index (κ2) is 6.65. The maximum absolute atomic E-state index is 13.2. The number of fused-ring (bicyclic) bond motifs is 1. The maximum atomic E-state index is 13.2. The minimum absolute atomic E-state index is 0.0962. The fraction of sp³-hybridized carbons (Fsp3) is 0.500. The number of hydrogen-bond donors (Lipinski definition) is 2. The normalized spacial score (nSPS) is 24.5. The number of pyridine rings is 1. The van der Waals surface area contributed by atoms with Crippen molar-refractivity contribution in [3.8, 4) is 0 Å². The third-order valence-electron chi connectivity index (χ3n) is 5.11. The van der Waals surface area contributed by atoms with Crippen LogP contribution in [0.5, 0.6) is 0 Å². The van der Waals surface area contributed by atoms with E-state index in [1.807, 2.05) is 7.05 Å².